The molecule has 0 spiro atoms. The van der Waals surface area contributed by atoms with Gasteiger partial charge in [0, 0.05) is 22.3 Å². The molecule has 17 N–H and O–H groups in total. The van der Waals surface area contributed by atoms with Gasteiger partial charge in [-0.05, 0) is 48.5 Å². The first kappa shape index (κ1) is 41.4. The first-order valence-corrected chi connectivity index (χ1v) is 15.0. The van der Waals surface area contributed by atoms with Crippen molar-refractivity contribution < 1.29 is 111 Å². The summed E-state index contributed by atoms with van der Waals surface area (Å²) < 4.78 is 0. The van der Waals surface area contributed by atoms with Gasteiger partial charge in [0.1, 0.15) is 12.2 Å². The van der Waals surface area contributed by atoms with Gasteiger partial charge in [0.05, 0.1) is 0 Å². The van der Waals surface area contributed by atoms with Gasteiger partial charge in [-0.3, -0.25) is 24.0 Å². The highest BCUT2D eigenvalue weighted by Crippen LogP contribution is 2.47. The Morgan fingerprint density at radius 1 is 0.446 bits per heavy atom. The average Bonchev–Trinajstić information content (AvgIpc) is 3.16. The minimum atomic E-state index is -5.21. The topological polar surface area (TPSA) is 429 Å². The van der Waals surface area contributed by atoms with Gasteiger partial charge in [-0.25, -0.2) is 0 Å². The highest BCUT2D eigenvalue weighted by molar-refractivity contribution is 6.23. The van der Waals surface area contributed by atoms with E-state index in [1.807, 2.05) is 0 Å². The van der Waals surface area contributed by atoms with E-state index in [0.29, 0.717) is 12.1 Å². The lowest BCUT2D eigenvalue weighted by molar-refractivity contribution is -0.215. The van der Waals surface area contributed by atoms with Crippen LogP contribution in [0, 0.1) is 0 Å². The number of Topliss-reactive ketones (excluding diaryl/α,β-unsaturated/α-hetero) is 4. The van der Waals surface area contributed by atoms with Crippen molar-refractivity contribution >= 4 is 29.4 Å². The minimum Gasteiger partial charge on any atom is -0.504 e. The standard InChI is InChI=1S/C34H28O22/c35-9-32(54,28(50)11-3-16(38)24(46)17(39)4-11)34(56,30(52)13-7-20(42)26(48)21(43)8-13)33(55,29(51)12-5-18(40)25(47)19(41)6-12)31(53)27(49)22(44)10-1-14(36)23(45)15(37)2-10/h1-9,27,31,36-43,45-49,53-56H/t27?,31-,32-,33-,34-/m1/s1. The zero-order valence-corrected chi connectivity index (χ0v) is 27.5. The third-order valence-corrected chi connectivity index (χ3v) is 8.64. The second-order valence-electron chi connectivity index (χ2n) is 12.1. The van der Waals surface area contributed by atoms with Gasteiger partial charge in [-0.15, -0.1) is 0 Å². The number of aromatic hydroxyl groups is 12. The maximum Gasteiger partial charge on any atom is 0.222 e. The van der Waals surface area contributed by atoms with Gasteiger partial charge in [0.25, 0.3) is 0 Å². The van der Waals surface area contributed by atoms with Gasteiger partial charge in [-0.1, -0.05) is 0 Å². The summed E-state index contributed by atoms with van der Waals surface area (Å²) in [5.41, 5.74) is -20.5. The number of aliphatic hydroxyl groups is 5. The molecule has 0 radical (unpaired) electrons. The average molecular weight is 789 g/mol. The van der Waals surface area contributed by atoms with E-state index < -0.39 is 150 Å². The molecule has 0 heterocycles. The Morgan fingerprint density at radius 3 is 1.02 bits per heavy atom. The molecule has 0 saturated carbocycles. The lowest BCUT2D eigenvalue weighted by atomic mass is 9.59. The van der Waals surface area contributed by atoms with E-state index in [0.717, 1.165) is 0 Å². The number of phenolic OH excluding ortho intramolecular Hbond substituents is 12. The van der Waals surface area contributed by atoms with Crippen LogP contribution < -0.4 is 0 Å². The van der Waals surface area contributed by atoms with Crippen LogP contribution in [0.1, 0.15) is 41.4 Å². The number of aliphatic hydroxyl groups excluding tert-OH is 2. The van der Waals surface area contributed by atoms with E-state index in [1.54, 1.807) is 0 Å². The van der Waals surface area contributed by atoms with Crippen molar-refractivity contribution in [1.29, 1.82) is 0 Å². The van der Waals surface area contributed by atoms with Gasteiger partial charge in [-0.2, -0.15) is 0 Å². The van der Waals surface area contributed by atoms with E-state index in [4.69, 9.17) is 0 Å². The summed E-state index contributed by atoms with van der Waals surface area (Å²) in [5.74, 6) is -26.1. The Labute approximate surface area is 309 Å². The third-order valence-electron chi connectivity index (χ3n) is 8.64. The van der Waals surface area contributed by atoms with E-state index in [1.165, 1.54) is 0 Å². The Kier molecular flexibility index (Phi) is 10.4. The number of carbonyl (C=O) groups is 5. The molecule has 4 rings (SSSR count). The summed E-state index contributed by atoms with van der Waals surface area (Å²) in [6.45, 7) is 0. The predicted octanol–water partition coefficient (Wildman–Crippen LogP) is -1.90. The molecule has 0 amide bonds. The number of aldehydes is 1. The Balaban J connectivity index is 2.20. The largest absolute Gasteiger partial charge is 0.504 e. The molecule has 56 heavy (non-hydrogen) atoms. The van der Waals surface area contributed by atoms with Crippen LogP contribution in [-0.4, -0.2) is 145 Å². The van der Waals surface area contributed by atoms with Crippen molar-refractivity contribution in [2.24, 2.45) is 0 Å². The van der Waals surface area contributed by atoms with Crippen molar-refractivity contribution in [1.82, 2.24) is 0 Å². The molecule has 0 fully saturated rings. The summed E-state index contributed by atoms with van der Waals surface area (Å²) in [5, 5.41) is 179. The van der Waals surface area contributed by atoms with Crippen molar-refractivity contribution in [2.75, 3.05) is 0 Å². The fourth-order valence-electron chi connectivity index (χ4n) is 5.60. The first-order valence-electron chi connectivity index (χ1n) is 15.0. The Morgan fingerprint density at radius 2 is 0.714 bits per heavy atom. The molecule has 4 aromatic carbocycles. The van der Waals surface area contributed by atoms with Crippen LogP contribution in [0.4, 0.5) is 0 Å². The number of benzene rings is 4. The number of ketones is 4. The molecule has 0 bridgehead atoms. The van der Waals surface area contributed by atoms with Crippen LogP contribution in [0.25, 0.3) is 0 Å². The second-order valence-corrected chi connectivity index (χ2v) is 12.1. The number of rotatable bonds is 13. The van der Waals surface area contributed by atoms with Gasteiger partial charge < -0.3 is 86.8 Å². The maximum absolute atomic E-state index is 14.5. The number of carbonyl (C=O) groups excluding carboxylic acids is 5. The number of hydrogen-bond donors (Lipinski definition) is 17. The van der Waals surface area contributed by atoms with Crippen molar-refractivity contribution in [3.63, 3.8) is 0 Å². The van der Waals surface area contributed by atoms with Crippen LogP contribution in [0.3, 0.4) is 0 Å². The molecule has 22 nitrogen and oxygen atoms in total. The lowest BCUT2D eigenvalue weighted by Gasteiger charge is -2.49. The molecule has 4 aromatic rings. The number of hydrogen-bond acceptors (Lipinski definition) is 22. The van der Waals surface area contributed by atoms with Crippen molar-refractivity contribution in [3.05, 3.63) is 70.8 Å². The fourth-order valence-corrected chi connectivity index (χ4v) is 5.60. The summed E-state index contributed by atoms with van der Waals surface area (Å²) in [4.78, 5) is 69.3. The molecule has 1 unspecified atom stereocenters. The van der Waals surface area contributed by atoms with E-state index in [9.17, 15) is 111 Å². The summed E-state index contributed by atoms with van der Waals surface area (Å²) in [7, 11) is 0. The Bertz CT molecular complexity index is 2240. The van der Waals surface area contributed by atoms with Crippen LogP contribution in [0.2, 0.25) is 0 Å². The van der Waals surface area contributed by atoms with Crippen LogP contribution in [0.5, 0.6) is 69.0 Å². The molecule has 5 atom stereocenters. The van der Waals surface area contributed by atoms with Crippen LogP contribution in [0.15, 0.2) is 48.5 Å². The van der Waals surface area contributed by atoms with Crippen molar-refractivity contribution in [2.45, 2.75) is 29.0 Å². The summed E-state index contributed by atoms with van der Waals surface area (Å²) >= 11 is 0. The highest BCUT2D eigenvalue weighted by Gasteiger charge is 2.76. The molecule has 0 saturated heterocycles. The lowest BCUT2D eigenvalue weighted by Crippen LogP contribution is -2.81. The Hall–Kier alpha value is -7.37. The third kappa shape index (κ3) is 6.15. The van der Waals surface area contributed by atoms with Gasteiger partial charge in [0.15, 0.2) is 86.7 Å². The van der Waals surface area contributed by atoms with Gasteiger partial charge in [0.2, 0.25) is 28.6 Å². The monoisotopic (exact) mass is 788 g/mol. The SMILES string of the molecule is O=C[C@@](O)(C(=O)c1cc(O)c(O)c(O)c1)[C@](O)(C(=O)c1cc(O)c(O)c(O)c1)[C@@](O)(C(=O)c1cc(O)c(O)c(O)c1)[C@H](O)C(O)C(=O)c1cc(O)c(O)c(O)c1. The smallest absolute Gasteiger partial charge is 0.222 e. The molecule has 0 aliphatic carbocycles. The van der Waals surface area contributed by atoms with Gasteiger partial charge >= 0.3 is 0 Å². The molecule has 296 valence electrons. The first-order chi connectivity index (χ1) is 25.8. The second kappa shape index (κ2) is 14.1. The minimum absolute atomic E-state index is 0.106. The summed E-state index contributed by atoms with van der Waals surface area (Å²) in [6.07, 6.45) is -8.51. The number of phenols is 12. The molecule has 22 heteroatoms. The summed E-state index contributed by atoms with van der Waals surface area (Å²) in [6, 6.07) is 1.44. The quantitative estimate of drug-likeness (QED) is 0.0304. The molecular formula is C34H28O22. The maximum atomic E-state index is 14.5. The van der Waals surface area contributed by atoms with Crippen molar-refractivity contribution in [3.8, 4) is 69.0 Å². The van der Waals surface area contributed by atoms with E-state index in [2.05, 4.69) is 0 Å². The molecule has 0 aromatic heterocycles. The molecular weight excluding hydrogens is 760 g/mol. The fraction of sp³-hybridized carbons (Fsp3) is 0.147. The normalized spacial score (nSPS) is 15.7. The molecule has 0 aliphatic rings. The van der Waals surface area contributed by atoms with E-state index in [-0.39, 0.29) is 36.4 Å². The predicted molar refractivity (Wildman–Crippen MR) is 176 cm³/mol. The molecule has 0 aliphatic heterocycles. The van der Waals surface area contributed by atoms with Crippen LogP contribution >= 0.6 is 0 Å². The zero-order valence-electron chi connectivity index (χ0n) is 27.5. The zero-order chi connectivity index (χ0) is 42.6. The highest BCUT2D eigenvalue weighted by atomic mass is 16.4. The van der Waals surface area contributed by atoms with E-state index >= 15 is 0 Å². The van der Waals surface area contributed by atoms with Crippen LogP contribution in [-0.2, 0) is 4.79 Å².